The summed E-state index contributed by atoms with van der Waals surface area (Å²) in [5.41, 5.74) is 0.0489. The number of epoxide rings is 1. The summed E-state index contributed by atoms with van der Waals surface area (Å²) in [6, 6.07) is 0. The van der Waals surface area contributed by atoms with E-state index < -0.39 is 5.79 Å². The monoisotopic (exact) mass is 322 g/mol. The summed E-state index contributed by atoms with van der Waals surface area (Å²) in [6.45, 7) is 9.67. The van der Waals surface area contributed by atoms with Crippen molar-refractivity contribution in [2.24, 2.45) is 5.41 Å². The van der Waals surface area contributed by atoms with E-state index in [1.807, 2.05) is 13.0 Å². The number of fused-ring (bicyclic) bond motifs is 1. The normalized spacial score (nSPS) is 37.9. The van der Waals surface area contributed by atoms with Crippen LogP contribution in [0.5, 0.6) is 0 Å². The fraction of sp³-hybridized carbons (Fsp3) is 0.722. The Morgan fingerprint density at radius 1 is 1.13 bits per heavy atom. The molecule has 3 rings (SSSR count). The van der Waals surface area contributed by atoms with Crippen LogP contribution in [0, 0.1) is 5.41 Å². The molecule has 0 N–H and O–H groups in total. The number of hydrogen-bond acceptors (Lipinski definition) is 5. The quantitative estimate of drug-likeness (QED) is 0.346. The summed E-state index contributed by atoms with van der Waals surface area (Å²) < 4.78 is 22.7. The topological polar surface area (TPSA) is 57.3 Å². The molecule has 1 spiro atoms. The Hall–Kier alpha value is -1.17. The molecule has 2 heterocycles. The average Bonchev–Trinajstić information content (AvgIpc) is 2.83. The van der Waals surface area contributed by atoms with Gasteiger partial charge in [0, 0.05) is 24.3 Å². The van der Waals surface area contributed by atoms with E-state index in [1.165, 1.54) is 13.2 Å². The maximum atomic E-state index is 11.3. The first kappa shape index (κ1) is 16.7. The van der Waals surface area contributed by atoms with Crippen molar-refractivity contribution in [2.75, 3.05) is 20.3 Å². The summed E-state index contributed by atoms with van der Waals surface area (Å²) in [4.78, 5) is 11.3. The predicted octanol–water partition coefficient (Wildman–Crippen LogP) is 2.75. The van der Waals surface area contributed by atoms with Gasteiger partial charge in [0.1, 0.15) is 11.2 Å². The van der Waals surface area contributed by atoms with Gasteiger partial charge in [-0.2, -0.15) is 0 Å². The molecular weight excluding hydrogens is 296 g/mol. The molecule has 0 aromatic rings. The molecule has 2 saturated heterocycles. The van der Waals surface area contributed by atoms with Gasteiger partial charge in [0.15, 0.2) is 5.79 Å². The Balaban J connectivity index is 1.83. The summed E-state index contributed by atoms with van der Waals surface area (Å²) in [5, 5.41) is 0. The number of hydrogen-bond donors (Lipinski definition) is 0. The van der Waals surface area contributed by atoms with E-state index in [4.69, 9.17) is 14.2 Å². The number of ether oxygens (including phenoxy) is 4. The van der Waals surface area contributed by atoms with Gasteiger partial charge in [0.2, 0.25) is 0 Å². The Morgan fingerprint density at radius 3 is 2.35 bits per heavy atom. The Labute approximate surface area is 137 Å². The Kier molecular flexibility index (Phi) is 3.74. The van der Waals surface area contributed by atoms with Gasteiger partial charge < -0.3 is 18.9 Å². The molecule has 128 valence electrons. The minimum absolute atomic E-state index is 0.133. The molecule has 0 aromatic carbocycles. The van der Waals surface area contributed by atoms with Crippen LogP contribution >= 0.6 is 0 Å². The van der Waals surface area contributed by atoms with E-state index in [0.29, 0.717) is 13.2 Å². The molecule has 0 bridgehead atoms. The first-order chi connectivity index (χ1) is 10.7. The molecule has 0 radical (unpaired) electrons. The lowest BCUT2D eigenvalue weighted by molar-refractivity contribution is -0.201. The lowest BCUT2D eigenvalue weighted by Gasteiger charge is -2.45. The van der Waals surface area contributed by atoms with Crippen molar-refractivity contribution in [1.29, 1.82) is 0 Å². The number of rotatable bonds is 3. The summed E-state index contributed by atoms with van der Waals surface area (Å²) in [6.07, 6.45) is 7.03. The van der Waals surface area contributed by atoms with Crippen LogP contribution in [0.1, 0.15) is 40.5 Å². The number of carbonyl (C=O) groups excluding carboxylic acids is 1. The minimum Gasteiger partial charge on any atom is -0.466 e. The summed E-state index contributed by atoms with van der Waals surface area (Å²) >= 11 is 0. The van der Waals surface area contributed by atoms with Crippen LogP contribution in [0.2, 0.25) is 0 Å². The van der Waals surface area contributed by atoms with Gasteiger partial charge in [-0.25, -0.2) is 4.79 Å². The third-order valence-electron chi connectivity index (χ3n) is 5.39. The van der Waals surface area contributed by atoms with Gasteiger partial charge in [0.25, 0.3) is 0 Å². The van der Waals surface area contributed by atoms with Crippen molar-refractivity contribution in [2.45, 2.75) is 57.5 Å². The highest BCUT2D eigenvalue weighted by Gasteiger charge is 2.78. The molecule has 2 unspecified atom stereocenters. The second-order valence-electron chi connectivity index (χ2n) is 7.66. The second kappa shape index (κ2) is 5.16. The summed E-state index contributed by atoms with van der Waals surface area (Å²) in [7, 11) is 1.38. The largest absolute Gasteiger partial charge is 0.466 e. The highest BCUT2D eigenvalue weighted by molar-refractivity contribution is 5.83. The molecule has 0 amide bonds. The van der Waals surface area contributed by atoms with Crippen LogP contribution in [-0.4, -0.2) is 43.3 Å². The van der Waals surface area contributed by atoms with Crippen molar-refractivity contribution in [3.8, 4) is 0 Å². The Morgan fingerprint density at radius 2 is 1.78 bits per heavy atom. The second-order valence-corrected chi connectivity index (χ2v) is 7.66. The number of carbonyl (C=O) groups is 1. The van der Waals surface area contributed by atoms with Crippen LogP contribution in [0.4, 0.5) is 0 Å². The SMILES string of the molecule is COC(=O)/C=C(C)/C=C/C12OC1(C)CC1(CC2(C)C)OCCO1. The van der Waals surface area contributed by atoms with Crippen molar-refractivity contribution in [3.63, 3.8) is 0 Å². The molecule has 5 heteroatoms. The highest BCUT2D eigenvalue weighted by Crippen LogP contribution is 2.69. The molecule has 3 fully saturated rings. The minimum atomic E-state index is -0.511. The van der Waals surface area contributed by atoms with E-state index in [2.05, 4.69) is 31.6 Å². The highest BCUT2D eigenvalue weighted by atomic mass is 16.7. The van der Waals surface area contributed by atoms with Crippen LogP contribution in [0.25, 0.3) is 0 Å². The smallest absolute Gasteiger partial charge is 0.330 e. The fourth-order valence-corrected chi connectivity index (χ4v) is 4.41. The van der Waals surface area contributed by atoms with Crippen LogP contribution < -0.4 is 0 Å². The molecule has 23 heavy (non-hydrogen) atoms. The number of methoxy groups -OCH3 is 1. The summed E-state index contributed by atoms with van der Waals surface area (Å²) in [5.74, 6) is -0.859. The van der Waals surface area contributed by atoms with Gasteiger partial charge in [-0.3, -0.25) is 0 Å². The lowest BCUT2D eigenvalue weighted by Crippen LogP contribution is -2.52. The molecule has 2 atom stereocenters. The maximum Gasteiger partial charge on any atom is 0.330 e. The number of allylic oxidation sites excluding steroid dienone is 2. The van der Waals surface area contributed by atoms with Gasteiger partial charge >= 0.3 is 5.97 Å². The average molecular weight is 322 g/mol. The zero-order chi connectivity index (χ0) is 16.9. The first-order valence-corrected chi connectivity index (χ1v) is 8.11. The molecule has 5 nitrogen and oxygen atoms in total. The van der Waals surface area contributed by atoms with Gasteiger partial charge in [0.05, 0.1) is 20.3 Å². The van der Waals surface area contributed by atoms with Crippen molar-refractivity contribution >= 4 is 5.97 Å². The van der Waals surface area contributed by atoms with Gasteiger partial charge in [-0.05, 0) is 25.5 Å². The molecule has 3 aliphatic rings. The molecule has 1 saturated carbocycles. The van der Waals surface area contributed by atoms with Gasteiger partial charge in [-0.1, -0.05) is 19.9 Å². The zero-order valence-corrected chi connectivity index (χ0v) is 14.6. The van der Waals surface area contributed by atoms with E-state index in [0.717, 1.165) is 18.4 Å². The lowest BCUT2D eigenvalue weighted by atomic mass is 9.61. The molecule has 0 aromatic heterocycles. The molecule has 2 aliphatic heterocycles. The van der Waals surface area contributed by atoms with Crippen LogP contribution in [0.3, 0.4) is 0 Å². The van der Waals surface area contributed by atoms with Crippen LogP contribution in [0.15, 0.2) is 23.8 Å². The number of esters is 1. The van der Waals surface area contributed by atoms with Crippen molar-refractivity contribution in [3.05, 3.63) is 23.8 Å². The standard InChI is InChI=1S/C18H26O5/c1-13(10-14(19)20-5)6-7-18-15(2,3)11-17(21-8-9-22-17)12-16(18,4)23-18/h6-7,10H,8-9,11-12H2,1-5H3/b7-6+,13-10+. The third-order valence-corrected chi connectivity index (χ3v) is 5.39. The van der Waals surface area contributed by atoms with Crippen molar-refractivity contribution in [1.82, 2.24) is 0 Å². The fourth-order valence-electron chi connectivity index (χ4n) is 4.41. The van der Waals surface area contributed by atoms with E-state index >= 15 is 0 Å². The van der Waals surface area contributed by atoms with Crippen molar-refractivity contribution < 1.29 is 23.7 Å². The van der Waals surface area contributed by atoms with Crippen LogP contribution in [-0.2, 0) is 23.7 Å². The van der Waals surface area contributed by atoms with E-state index in [1.54, 1.807) is 0 Å². The first-order valence-electron chi connectivity index (χ1n) is 8.11. The van der Waals surface area contributed by atoms with E-state index in [-0.39, 0.29) is 22.6 Å². The van der Waals surface area contributed by atoms with E-state index in [9.17, 15) is 4.79 Å². The predicted molar refractivity (Wildman–Crippen MR) is 84.8 cm³/mol. The zero-order valence-electron chi connectivity index (χ0n) is 14.6. The molecule has 1 aliphatic carbocycles. The Bertz CT molecular complexity index is 570. The molecular formula is C18H26O5. The van der Waals surface area contributed by atoms with Gasteiger partial charge in [-0.15, -0.1) is 0 Å². The maximum absolute atomic E-state index is 11.3. The third kappa shape index (κ3) is 2.55.